The highest BCUT2D eigenvalue weighted by Gasteiger charge is 2.40. The number of hydrogen-bond donors (Lipinski definition) is 0. The van der Waals surface area contributed by atoms with Gasteiger partial charge in [-0.15, -0.1) is 0 Å². The van der Waals surface area contributed by atoms with Gasteiger partial charge in [0.2, 0.25) is 16.6 Å². The first-order chi connectivity index (χ1) is 15.2. The maximum absolute atomic E-state index is 7.40. The standard InChI is InChI=1S/C28H48OP2Si2/c1-21(2)30(22(3)4)25-17-13-15-19-27(25)32(9,10)29-33(11,12)28-20-16-14-18-26(28)31(23(5)6)24(7)8/h13-24H,1-12H3. The van der Waals surface area contributed by atoms with Gasteiger partial charge in [-0.1, -0.05) is 120 Å². The van der Waals surface area contributed by atoms with E-state index in [4.69, 9.17) is 4.12 Å². The van der Waals surface area contributed by atoms with E-state index >= 15 is 0 Å². The summed E-state index contributed by atoms with van der Waals surface area (Å²) in [6.07, 6.45) is 0. The van der Waals surface area contributed by atoms with Crippen molar-refractivity contribution in [2.45, 2.75) is 104 Å². The van der Waals surface area contributed by atoms with Gasteiger partial charge in [0.1, 0.15) is 0 Å². The monoisotopic (exact) mass is 518 g/mol. The fraction of sp³-hybridized carbons (Fsp3) is 0.571. The Hall–Kier alpha value is -0.306. The summed E-state index contributed by atoms with van der Waals surface area (Å²) in [5, 5.41) is 6.20. The largest absolute Gasteiger partial charge is 0.449 e. The van der Waals surface area contributed by atoms with Crippen LogP contribution in [0.4, 0.5) is 0 Å². The van der Waals surface area contributed by atoms with Crippen LogP contribution >= 0.6 is 15.8 Å². The molecule has 0 saturated heterocycles. The molecule has 0 unspecified atom stereocenters. The maximum atomic E-state index is 7.40. The number of benzene rings is 2. The van der Waals surface area contributed by atoms with Gasteiger partial charge in [0, 0.05) is 0 Å². The predicted octanol–water partition coefficient (Wildman–Crippen LogP) is 7.08. The fourth-order valence-electron chi connectivity index (χ4n) is 5.47. The molecule has 0 atom stereocenters. The van der Waals surface area contributed by atoms with Crippen molar-refractivity contribution in [2.24, 2.45) is 0 Å². The first kappa shape index (κ1) is 28.9. The van der Waals surface area contributed by atoms with Gasteiger partial charge in [0.15, 0.2) is 0 Å². The Balaban J connectivity index is 2.55. The van der Waals surface area contributed by atoms with Crippen LogP contribution in [0, 0.1) is 0 Å². The Bertz CT molecular complexity index is 817. The first-order valence-electron chi connectivity index (χ1n) is 12.7. The predicted molar refractivity (Wildman–Crippen MR) is 162 cm³/mol. The van der Waals surface area contributed by atoms with Crippen LogP contribution in [0.25, 0.3) is 0 Å². The van der Waals surface area contributed by atoms with Gasteiger partial charge >= 0.3 is 0 Å². The Morgan fingerprint density at radius 2 is 0.788 bits per heavy atom. The first-order valence-corrected chi connectivity index (χ1v) is 21.4. The second-order valence-electron chi connectivity index (χ2n) is 11.3. The molecule has 0 spiro atoms. The number of rotatable bonds is 10. The summed E-state index contributed by atoms with van der Waals surface area (Å²) in [6, 6.07) is 18.5. The van der Waals surface area contributed by atoms with E-state index in [0.717, 1.165) is 0 Å². The smallest absolute Gasteiger partial charge is 0.206 e. The molecule has 0 radical (unpaired) electrons. The summed E-state index contributed by atoms with van der Waals surface area (Å²) in [5.41, 5.74) is 2.71. The molecule has 184 valence electrons. The Kier molecular flexibility index (Phi) is 10.2. The Morgan fingerprint density at radius 1 is 0.515 bits per heavy atom. The van der Waals surface area contributed by atoms with Crippen molar-refractivity contribution in [3.8, 4) is 0 Å². The van der Waals surface area contributed by atoms with Crippen molar-refractivity contribution < 1.29 is 4.12 Å². The van der Waals surface area contributed by atoms with Crippen LogP contribution in [0.5, 0.6) is 0 Å². The van der Waals surface area contributed by atoms with Crippen LogP contribution < -0.4 is 21.0 Å². The topological polar surface area (TPSA) is 9.23 Å². The molecule has 0 amide bonds. The van der Waals surface area contributed by atoms with Crippen molar-refractivity contribution in [3.63, 3.8) is 0 Å². The molecular weight excluding hydrogens is 470 g/mol. The van der Waals surface area contributed by atoms with Crippen LogP contribution in [0.15, 0.2) is 48.5 Å². The minimum Gasteiger partial charge on any atom is -0.449 e. The quantitative estimate of drug-likeness (QED) is 0.241. The molecule has 2 aromatic carbocycles. The zero-order valence-electron chi connectivity index (χ0n) is 23.2. The Labute approximate surface area is 209 Å². The van der Waals surface area contributed by atoms with Crippen molar-refractivity contribution in [1.82, 2.24) is 0 Å². The minimum atomic E-state index is -2.12. The molecule has 0 N–H and O–H groups in total. The molecule has 33 heavy (non-hydrogen) atoms. The van der Waals surface area contributed by atoms with Crippen LogP contribution in [0.3, 0.4) is 0 Å². The lowest BCUT2D eigenvalue weighted by atomic mass is 10.4. The van der Waals surface area contributed by atoms with Crippen LogP contribution in [-0.2, 0) is 4.12 Å². The maximum Gasteiger partial charge on any atom is 0.206 e. The normalized spacial score (nSPS) is 13.4. The van der Waals surface area contributed by atoms with E-state index in [0.29, 0.717) is 22.6 Å². The molecule has 0 saturated carbocycles. The molecule has 2 aromatic rings. The summed E-state index contributed by atoms with van der Waals surface area (Å²) in [5.74, 6) is 0. The molecule has 2 rings (SSSR count). The Morgan fingerprint density at radius 3 is 1.06 bits per heavy atom. The molecule has 0 heterocycles. The van der Waals surface area contributed by atoms with E-state index in [-0.39, 0.29) is 15.8 Å². The second kappa shape index (κ2) is 11.6. The number of hydrogen-bond acceptors (Lipinski definition) is 1. The third-order valence-corrected chi connectivity index (χ3v) is 20.7. The summed E-state index contributed by atoms with van der Waals surface area (Å²) in [7, 11) is -4.68. The van der Waals surface area contributed by atoms with Crippen molar-refractivity contribution in [2.75, 3.05) is 0 Å². The van der Waals surface area contributed by atoms with Crippen LogP contribution in [0.1, 0.15) is 55.4 Å². The zero-order valence-corrected chi connectivity index (χ0v) is 27.0. The summed E-state index contributed by atoms with van der Waals surface area (Å²) >= 11 is 0. The summed E-state index contributed by atoms with van der Waals surface area (Å²) in [6.45, 7) is 28.9. The third kappa shape index (κ3) is 6.89. The van der Waals surface area contributed by atoms with E-state index in [9.17, 15) is 0 Å². The van der Waals surface area contributed by atoms with Gasteiger partial charge in [-0.05, 0) is 69.8 Å². The SMILES string of the molecule is CC(C)P(c1ccccc1[Si](C)(C)O[Si](C)(C)c1ccccc1P(C(C)C)C(C)C)C(C)C. The molecule has 0 aromatic heterocycles. The summed E-state index contributed by atoms with van der Waals surface area (Å²) in [4.78, 5) is 0. The molecular formula is C28H48OP2Si2. The van der Waals surface area contributed by atoms with Gasteiger partial charge in [-0.25, -0.2) is 0 Å². The van der Waals surface area contributed by atoms with E-state index in [1.54, 1.807) is 10.6 Å². The highest BCUT2D eigenvalue weighted by Crippen LogP contribution is 2.45. The lowest BCUT2D eigenvalue weighted by Gasteiger charge is -2.39. The molecule has 0 aliphatic heterocycles. The van der Waals surface area contributed by atoms with Gasteiger partial charge < -0.3 is 4.12 Å². The zero-order chi connectivity index (χ0) is 25.1. The highest BCUT2D eigenvalue weighted by molar-refractivity contribution is 7.68. The summed E-state index contributed by atoms with van der Waals surface area (Å²) < 4.78 is 7.40. The second-order valence-corrected chi connectivity index (χ2v) is 26.0. The lowest BCUT2D eigenvalue weighted by molar-refractivity contribution is 0.574. The fourth-order valence-corrected chi connectivity index (χ4v) is 22.1. The van der Waals surface area contributed by atoms with E-state index in [2.05, 4.69) is 130 Å². The average molecular weight is 519 g/mol. The van der Waals surface area contributed by atoms with E-state index in [1.807, 2.05) is 0 Å². The van der Waals surface area contributed by atoms with Gasteiger partial charge in [0.05, 0.1) is 0 Å². The van der Waals surface area contributed by atoms with E-state index in [1.165, 1.54) is 10.4 Å². The molecule has 0 bridgehead atoms. The van der Waals surface area contributed by atoms with Crippen molar-refractivity contribution in [1.29, 1.82) is 0 Å². The molecule has 5 heteroatoms. The molecule has 1 nitrogen and oxygen atoms in total. The molecule has 0 aliphatic rings. The highest BCUT2D eigenvalue weighted by atomic mass is 31.1. The lowest BCUT2D eigenvalue weighted by Crippen LogP contribution is -2.62. The average Bonchev–Trinajstić information content (AvgIpc) is 2.66. The van der Waals surface area contributed by atoms with E-state index < -0.39 is 16.6 Å². The van der Waals surface area contributed by atoms with Crippen molar-refractivity contribution >= 4 is 53.5 Å². The van der Waals surface area contributed by atoms with Crippen LogP contribution in [0.2, 0.25) is 26.2 Å². The molecule has 0 fully saturated rings. The van der Waals surface area contributed by atoms with Gasteiger partial charge in [-0.2, -0.15) is 0 Å². The minimum absolute atomic E-state index is 0.215. The van der Waals surface area contributed by atoms with Gasteiger partial charge in [0.25, 0.3) is 0 Å². The van der Waals surface area contributed by atoms with Crippen LogP contribution in [-0.4, -0.2) is 39.3 Å². The third-order valence-electron chi connectivity index (χ3n) is 6.40. The van der Waals surface area contributed by atoms with Crippen molar-refractivity contribution in [3.05, 3.63) is 48.5 Å². The molecule has 0 aliphatic carbocycles. The van der Waals surface area contributed by atoms with Gasteiger partial charge in [-0.3, -0.25) is 0 Å².